The normalized spacial score (nSPS) is 22.2. The highest BCUT2D eigenvalue weighted by molar-refractivity contribution is 5.89. The minimum atomic E-state index is -0.582. The van der Waals surface area contributed by atoms with Crippen LogP contribution in [-0.2, 0) is 4.74 Å². The van der Waals surface area contributed by atoms with Gasteiger partial charge in [-0.25, -0.2) is 9.59 Å². The van der Waals surface area contributed by atoms with Crippen molar-refractivity contribution in [1.82, 2.24) is 9.55 Å². The van der Waals surface area contributed by atoms with E-state index in [9.17, 15) is 19.5 Å². The Morgan fingerprint density at radius 3 is 2.69 bits per heavy atom. The van der Waals surface area contributed by atoms with Crippen molar-refractivity contribution < 1.29 is 14.6 Å². The van der Waals surface area contributed by atoms with Crippen molar-refractivity contribution in [3.63, 3.8) is 0 Å². The Balaban J connectivity index is 1.84. The Kier molecular flexibility index (Phi) is 5.18. The molecule has 0 bridgehead atoms. The van der Waals surface area contributed by atoms with Crippen LogP contribution < -0.4 is 11.2 Å². The maximum atomic E-state index is 12.3. The van der Waals surface area contributed by atoms with E-state index in [1.54, 1.807) is 49.4 Å². The van der Waals surface area contributed by atoms with E-state index in [0.29, 0.717) is 17.5 Å². The minimum absolute atomic E-state index is 0.171. The zero-order chi connectivity index (χ0) is 18.7. The molecular formula is C19H20N2O5. The molecule has 7 nitrogen and oxygen atoms in total. The van der Waals surface area contributed by atoms with Crippen molar-refractivity contribution in [1.29, 1.82) is 0 Å². The van der Waals surface area contributed by atoms with Crippen molar-refractivity contribution in [2.24, 2.45) is 5.92 Å². The minimum Gasteiger partial charge on any atom is -0.458 e. The molecule has 0 spiro atoms. The van der Waals surface area contributed by atoms with Gasteiger partial charge in [-0.3, -0.25) is 14.3 Å². The van der Waals surface area contributed by atoms with Gasteiger partial charge in [0.15, 0.2) is 0 Å². The second kappa shape index (κ2) is 7.53. The number of ether oxygens (including phenoxy) is 1. The predicted octanol–water partition coefficient (Wildman–Crippen LogP) is 1.18. The summed E-state index contributed by atoms with van der Waals surface area (Å²) in [6, 6.07) is 8.22. The molecule has 0 amide bonds. The lowest BCUT2D eigenvalue weighted by atomic mass is 9.90. The quantitative estimate of drug-likeness (QED) is 0.633. The summed E-state index contributed by atoms with van der Waals surface area (Å²) in [6.45, 7) is 1.44. The van der Waals surface area contributed by atoms with Crippen LogP contribution in [0.15, 0.2) is 58.3 Å². The van der Waals surface area contributed by atoms with Crippen LogP contribution in [0.25, 0.3) is 0 Å². The van der Waals surface area contributed by atoms with Crippen LogP contribution in [0.1, 0.15) is 28.4 Å². The van der Waals surface area contributed by atoms with Gasteiger partial charge in [-0.1, -0.05) is 30.4 Å². The van der Waals surface area contributed by atoms with E-state index >= 15 is 0 Å². The van der Waals surface area contributed by atoms with Gasteiger partial charge in [-0.05, 0) is 19.1 Å². The first kappa shape index (κ1) is 17.9. The molecule has 1 aromatic carbocycles. The number of benzene rings is 1. The number of hydrogen-bond donors (Lipinski definition) is 2. The molecule has 136 valence electrons. The van der Waals surface area contributed by atoms with Crippen molar-refractivity contribution in [3.8, 4) is 0 Å². The highest BCUT2D eigenvalue weighted by Gasteiger charge is 2.31. The maximum absolute atomic E-state index is 12.3. The van der Waals surface area contributed by atoms with Gasteiger partial charge in [-0.15, -0.1) is 0 Å². The number of hydrogen-bond acceptors (Lipinski definition) is 5. The first-order valence-corrected chi connectivity index (χ1v) is 8.37. The number of H-pyrrole nitrogens is 1. The number of aromatic nitrogens is 2. The van der Waals surface area contributed by atoms with E-state index in [4.69, 9.17) is 4.74 Å². The molecular weight excluding hydrogens is 336 g/mol. The zero-order valence-electron chi connectivity index (χ0n) is 14.3. The van der Waals surface area contributed by atoms with E-state index in [-0.39, 0.29) is 18.6 Å². The van der Waals surface area contributed by atoms with Gasteiger partial charge in [0.25, 0.3) is 5.56 Å². The summed E-state index contributed by atoms with van der Waals surface area (Å²) in [5.41, 5.74) is -0.107. The van der Waals surface area contributed by atoms with Crippen molar-refractivity contribution in [3.05, 3.63) is 80.6 Å². The fourth-order valence-corrected chi connectivity index (χ4v) is 3.02. The largest absolute Gasteiger partial charge is 0.458 e. The molecule has 0 saturated heterocycles. The summed E-state index contributed by atoms with van der Waals surface area (Å²) in [5, 5.41) is 9.58. The molecule has 1 aliphatic carbocycles. The topological polar surface area (TPSA) is 101 Å². The molecule has 3 atom stereocenters. The molecule has 26 heavy (non-hydrogen) atoms. The molecule has 0 fully saturated rings. The number of nitrogens with zero attached hydrogens (tertiary/aromatic N) is 1. The van der Waals surface area contributed by atoms with E-state index < -0.39 is 23.3 Å². The van der Waals surface area contributed by atoms with Gasteiger partial charge in [0.05, 0.1) is 18.2 Å². The Morgan fingerprint density at radius 2 is 2.00 bits per heavy atom. The fraction of sp³-hybridized carbons (Fsp3) is 0.316. The van der Waals surface area contributed by atoms with Gasteiger partial charge in [0.2, 0.25) is 0 Å². The van der Waals surface area contributed by atoms with Crippen molar-refractivity contribution >= 4 is 5.97 Å². The Labute approximate surface area is 149 Å². The number of rotatable bonds is 4. The number of carbonyl (C=O) groups excluding carboxylic acids is 1. The summed E-state index contributed by atoms with van der Waals surface area (Å²) in [6.07, 6.45) is 4.76. The average molecular weight is 356 g/mol. The first-order valence-electron chi connectivity index (χ1n) is 8.37. The second-order valence-corrected chi connectivity index (χ2v) is 6.32. The number of nitrogens with one attached hydrogen (secondary N) is 1. The second-order valence-electron chi connectivity index (χ2n) is 6.32. The third-order valence-electron chi connectivity index (χ3n) is 4.51. The third kappa shape index (κ3) is 3.67. The summed E-state index contributed by atoms with van der Waals surface area (Å²) in [4.78, 5) is 38.3. The van der Waals surface area contributed by atoms with Crippen LogP contribution in [-0.4, -0.2) is 33.3 Å². The van der Waals surface area contributed by atoms with Crippen molar-refractivity contribution in [2.75, 3.05) is 6.61 Å². The van der Waals surface area contributed by atoms with Crippen LogP contribution in [0, 0.1) is 12.8 Å². The number of carbonyl (C=O) groups is 1. The molecule has 2 N–H and O–H groups in total. The van der Waals surface area contributed by atoms with Crippen LogP contribution >= 0.6 is 0 Å². The van der Waals surface area contributed by atoms with E-state index in [1.807, 2.05) is 0 Å². The van der Waals surface area contributed by atoms with Crippen LogP contribution in [0.3, 0.4) is 0 Å². The molecule has 1 heterocycles. The number of allylic oxidation sites excluding steroid dienone is 1. The molecule has 0 saturated carbocycles. The third-order valence-corrected chi connectivity index (χ3v) is 4.51. The van der Waals surface area contributed by atoms with Crippen molar-refractivity contribution in [2.45, 2.75) is 25.5 Å². The summed E-state index contributed by atoms with van der Waals surface area (Å²) >= 11 is 0. The Bertz CT molecular complexity index is 929. The SMILES string of the molecule is Cc1cn(C2C=CC(CO)[C@@H](OC(=O)c3ccccc3)C2)c(=O)[nH]c1=O. The Hall–Kier alpha value is -2.93. The predicted molar refractivity (Wildman–Crippen MR) is 95.1 cm³/mol. The average Bonchev–Trinajstić information content (AvgIpc) is 2.65. The van der Waals surface area contributed by atoms with E-state index in [0.717, 1.165) is 0 Å². The van der Waals surface area contributed by atoms with Crippen LogP contribution in [0.2, 0.25) is 0 Å². The van der Waals surface area contributed by atoms with Gasteiger partial charge >= 0.3 is 11.7 Å². The highest BCUT2D eigenvalue weighted by Crippen LogP contribution is 2.28. The zero-order valence-corrected chi connectivity index (χ0v) is 14.3. The van der Waals surface area contributed by atoms with Gasteiger partial charge in [-0.2, -0.15) is 0 Å². The van der Waals surface area contributed by atoms with E-state index in [2.05, 4.69) is 4.98 Å². The first-order chi connectivity index (χ1) is 12.5. The number of aryl methyl sites for hydroxylation is 1. The monoisotopic (exact) mass is 356 g/mol. The molecule has 7 heteroatoms. The smallest absolute Gasteiger partial charge is 0.338 e. The summed E-state index contributed by atoms with van der Waals surface area (Å²) in [5.74, 6) is -0.827. The molecule has 1 aliphatic rings. The van der Waals surface area contributed by atoms with Gasteiger partial charge in [0.1, 0.15) is 6.10 Å². The fourth-order valence-electron chi connectivity index (χ4n) is 3.02. The molecule has 0 radical (unpaired) electrons. The summed E-state index contributed by atoms with van der Waals surface area (Å²) in [7, 11) is 0. The Morgan fingerprint density at radius 1 is 1.27 bits per heavy atom. The lowest BCUT2D eigenvalue weighted by Crippen LogP contribution is -2.38. The van der Waals surface area contributed by atoms with Crippen LogP contribution in [0.5, 0.6) is 0 Å². The molecule has 1 aromatic heterocycles. The maximum Gasteiger partial charge on any atom is 0.338 e. The van der Waals surface area contributed by atoms with Gasteiger partial charge in [0, 0.05) is 24.1 Å². The van der Waals surface area contributed by atoms with E-state index in [1.165, 1.54) is 10.8 Å². The van der Waals surface area contributed by atoms with Crippen LogP contribution in [0.4, 0.5) is 0 Å². The number of aliphatic hydroxyl groups is 1. The lowest BCUT2D eigenvalue weighted by Gasteiger charge is -2.31. The number of aromatic amines is 1. The standard InChI is InChI=1S/C19H20N2O5/c1-12-10-21(19(25)20-17(12)23)15-8-7-14(11-22)16(9-15)26-18(24)13-5-3-2-4-6-13/h2-8,10,14-16,22H,9,11H2,1H3,(H,20,23,25)/t14?,15?,16-/m0/s1. The highest BCUT2D eigenvalue weighted by atomic mass is 16.5. The molecule has 2 aromatic rings. The lowest BCUT2D eigenvalue weighted by molar-refractivity contribution is 0.00396. The summed E-state index contributed by atoms with van der Waals surface area (Å²) < 4.78 is 7.00. The molecule has 0 aliphatic heterocycles. The molecule has 2 unspecified atom stereocenters. The van der Waals surface area contributed by atoms with Gasteiger partial charge < -0.3 is 9.84 Å². The molecule has 3 rings (SSSR count). The number of aliphatic hydroxyl groups excluding tert-OH is 1. The number of esters is 1.